The summed E-state index contributed by atoms with van der Waals surface area (Å²) in [5.74, 6) is 0.966. The molecule has 4 rings (SSSR count). The second-order valence-corrected chi connectivity index (χ2v) is 7.75. The highest BCUT2D eigenvalue weighted by Crippen LogP contribution is 2.16. The second-order valence-electron chi connectivity index (χ2n) is 7.75. The molecule has 2 aliphatic rings. The molecule has 0 amide bonds. The van der Waals surface area contributed by atoms with Crippen LogP contribution >= 0.6 is 0 Å². The number of piperazine rings is 1. The second kappa shape index (κ2) is 8.35. The quantitative estimate of drug-likeness (QED) is 0.762. The molecular formula is C20H29N5O2. The summed E-state index contributed by atoms with van der Waals surface area (Å²) in [5, 5.41) is 8.57. The molecule has 146 valence electrons. The molecule has 7 heteroatoms. The predicted octanol–water partition coefficient (Wildman–Crippen LogP) is 1.28. The van der Waals surface area contributed by atoms with Crippen LogP contribution in [0.4, 0.5) is 0 Å². The van der Waals surface area contributed by atoms with Crippen LogP contribution < -0.4 is 5.56 Å². The lowest BCUT2D eigenvalue weighted by Gasteiger charge is -2.34. The maximum atomic E-state index is 12.3. The fourth-order valence-electron chi connectivity index (χ4n) is 4.04. The van der Waals surface area contributed by atoms with Gasteiger partial charge in [0.25, 0.3) is 5.56 Å². The van der Waals surface area contributed by atoms with Crippen molar-refractivity contribution in [2.24, 2.45) is 0 Å². The van der Waals surface area contributed by atoms with E-state index in [-0.39, 0.29) is 5.56 Å². The summed E-state index contributed by atoms with van der Waals surface area (Å²) in [6.07, 6.45) is 5.30. The monoisotopic (exact) mass is 371 g/mol. The lowest BCUT2D eigenvalue weighted by atomic mass is 9.97. The summed E-state index contributed by atoms with van der Waals surface area (Å²) < 4.78 is 6.96. The van der Waals surface area contributed by atoms with Gasteiger partial charge in [0, 0.05) is 57.8 Å². The van der Waals surface area contributed by atoms with Crippen molar-refractivity contribution in [3.8, 4) is 0 Å². The number of nitrogens with zero attached hydrogens (tertiary/aromatic N) is 5. The number of hydrogen-bond donors (Lipinski definition) is 0. The molecule has 1 saturated heterocycles. The lowest BCUT2D eigenvalue weighted by molar-refractivity contribution is 0.127. The third kappa shape index (κ3) is 4.65. The van der Waals surface area contributed by atoms with Crippen molar-refractivity contribution in [2.45, 2.75) is 45.6 Å². The molecule has 1 aliphatic carbocycles. The topological polar surface area (TPSA) is 67.4 Å². The van der Waals surface area contributed by atoms with E-state index in [9.17, 15) is 4.79 Å². The molecule has 0 bridgehead atoms. The van der Waals surface area contributed by atoms with Crippen molar-refractivity contribution < 1.29 is 4.52 Å². The van der Waals surface area contributed by atoms with Gasteiger partial charge in [-0.05, 0) is 38.2 Å². The van der Waals surface area contributed by atoms with Gasteiger partial charge in [0.05, 0.1) is 17.9 Å². The summed E-state index contributed by atoms with van der Waals surface area (Å²) >= 11 is 0. The SMILES string of the molecule is Cc1cc(CCN2CCN(CCn3nc4c(cc3=O)CCCC4)CC2)on1. The lowest BCUT2D eigenvalue weighted by Crippen LogP contribution is -2.48. The molecule has 1 aliphatic heterocycles. The fourth-order valence-corrected chi connectivity index (χ4v) is 4.04. The molecule has 2 aromatic heterocycles. The molecule has 2 aromatic rings. The van der Waals surface area contributed by atoms with Crippen molar-refractivity contribution >= 4 is 0 Å². The van der Waals surface area contributed by atoms with E-state index in [1.54, 1.807) is 4.68 Å². The average molecular weight is 371 g/mol. The first-order valence-electron chi connectivity index (χ1n) is 10.1. The summed E-state index contributed by atoms with van der Waals surface area (Å²) in [7, 11) is 0. The zero-order valence-electron chi connectivity index (χ0n) is 16.2. The Kier molecular flexibility index (Phi) is 5.69. The van der Waals surface area contributed by atoms with Crippen molar-refractivity contribution in [1.29, 1.82) is 0 Å². The van der Waals surface area contributed by atoms with Gasteiger partial charge in [-0.2, -0.15) is 5.10 Å². The average Bonchev–Trinajstić information content (AvgIpc) is 3.11. The highest BCUT2D eigenvalue weighted by Gasteiger charge is 2.18. The van der Waals surface area contributed by atoms with Crippen LogP contribution in [-0.2, 0) is 25.8 Å². The van der Waals surface area contributed by atoms with Crippen LogP contribution in [0.2, 0.25) is 0 Å². The first-order valence-corrected chi connectivity index (χ1v) is 10.1. The highest BCUT2D eigenvalue weighted by molar-refractivity contribution is 5.20. The van der Waals surface area contributed by atoms with Crippen LogP contribution in [-0.4, -0.2) is 64.0 Å². The number of fused-ring (bicyclic) bond motifs is 1. The van der Waals surface area contributed by atoms with E-state index in [0.29, 0.717) is 6.54 Å². The first-order chi connectivity index (χ1) is 13.2. The zero-order valence-corrected chi connectivity index (χ0v) is 16.2. The van der Waals surface area contributed by atoms with Crippen LogP contribution in [0.3, 0.4) is 0 Å². The van der Waals surface area contributed by atoms with E-state index in [4.69, 9.17) is 4.52 Å². The van der Waals surface area contributed by atoms with E-state index < -0.39 is 0 Å². The Balaban J connectivity index is 1.23. The molecule has 0 spiro atoms. The van der Waals surface area contributed by atoms with Gasteiger partial charge in [-0.15, -0.1) is 0 Å². The van der Waals surface area contributed by atoms with Crippen LogP contribution in [0.1, 0.15) is 35.6 Å². The van der Waals surface area contributed by atoms with Crippen molar-refractivity contribution in [3.63, 3.8) is 0 Å². The Morgan fingerprint density at radius 3 is 2.48 bits per heavy atom. The number of rotatable bonds is 6. The summed E-state index contributed by atoms with van der Waals surface area (Å²) in [6, 6.07) is 3.82. The van der Waals surface area contributed by atoms with Crippen LogP contribution in [0, 0.1) is 6.92 Å². The van der Waals surface area contributed by atoms with Gasteiger partial charge in [-0.3, -0.25) is 9.69 Å². The van der Waals surface area contributed by atoms with E-state index in [1.807, 2.05) is 19.1 Å². The molecule has 0 radical (unpaired) electrons. The van der Waals surface area contributed by atoms with Crippen molar-refractivity contribution in [2.75, 3.05) is 39.3 Å². The molecule has 3 heterocycles. The largest absolute Gasteiger partial charge is 0.361 e. The van der Waals surface area contributed by atoms with E-state index in [2.05, 4.69) is 20.1 Å². The normalized spacial score (nSPS) is 18.6. The minimum Gasteiger partial charge on any atom is -0.361 e. The van der Waals surface area contributed by atoms with Gasteiger partial charge in [-0.1, -0.05) is 5.16 Å². The molecule has 0 saturated carbocycles. The number of aromatic nitrogens is 3. The zero-order chi connectivity index (χ0) is 18.6. The molecular weight excluding hydrogens is 342 g/mol. The standard InChI is InChI=1S/C20H29N5O2/c1-16-14-18(27-22-16)6-7-23-8-10-24(11-9-23)12-13-25-20(26)15-17-4-2-3-5-19(17)21-25/h14-15H,2-13H2,1H3. The van der Waals surface area contributed by atoms with E-state index in [1.165, 1.54) is 12.8 Å². The third-order valence-electron chi connectivity index (χ3n) is 5.72. The van der Waals surface area contributed by atoms with Crippen LogP contribution in [0.15, 0.2) is 21.5 Å². The molecule has 0 aromatic carbocycles. The van der Waals surface area contributed by atoms with Gasteiger partial charge in [0.1, 0.15) is 5.76 Å². The molecule has 27 heavy (non-hydrogen) atoms. The summed E-state index contributed by atoms with van der Waals surface area (Å²) in [4.78, 5) is 17.2. The Bertz CT molecular complexity index is 820. The van der Waals surface area contributed by atoms with Gasteiger partial charge in [0.2, 0.25) is 0 Å². The van der Waals surface area contributed by atoms with Crippen molar-refractivity contribution in [1.82, 2.24) is 24.7 Å². The Morgan fingerprint density at radius 2 is 1.74 bits per heavy atom. The molecule has 0 N–H and O–H groups in total. The van der Waals surface area contributed by atoms with Crippen LogP contribution in [0.25, 0.3) is 0 Å². The smallest absolute Gasteiger partial charge is 0.267 e. The third-order valence-corrected chi connectivity index (χ3v) is 5.72. The van der Waals surface area contributed by atoms with E-state index >= 15 is 0 Å². The maximum Gasteiger partial charge on any atom is 0.267 e. The minimum atomic E-state index is 0.0524. The van der Waals surface area contributed by atoms with Gasteiger partial charge < -0.3 is 9.42 Å². The Labute approximate surface area is 159 Å². The maximum absolute atomic E-state index is 12.3. The molecule has 7 nitrogen and oxygen atoms in total. The number of aryl methyl sites for hydroxylation is 3. The van der Waals surface area contributed by atoms with Gasteiger partial charge in [0.15, 0.2) is 0 Å². The number of hydrogen-bond acceptors (Lipinski definition) is 6. The Morgan fingerprint density at radius 1 is 1.00 bits per heavy atom. The van der Waals surface area contributed by atoms with Gasteiger partial charge in [-0.25, -0.2) is 4.68 Å². The van der Waals surface area contributed by atoms with Crippen LogP contribution in [0.5, 0.6) is 0 Å². The minimum absolute atomic E-state index is 0.0524. The Hall–Kier alpha value is -1.99. The fraction of sp³-hybridized carbons (Fsp3) is 0.650. The first kappa shape index (κ1) is 18.4. The summed E-state index contributed by atoms with van der Waals surface area (Å²) in [5.41, 5.74) is 3.30. The molecule has 0 unspecified atom stereocenters. The predicted molar refractivity (Wildman–Crippen MR) is 103 cm³/mol. The molecule has 1 fully saturated rings. The van der Waals surface area contributed by atoms with E-state index in [0.717, 1.165) is 81.2 Å². The van der Waals surface area contributed by atoms with Gasteiger partial charge >= 0.3 is 0 Å². The highest BCUT2D eigenvalue weighted by atomic mass is 16.5. The molecule has 0 atom stereocenters. The van der Waals surface area contributed by atoms with Crippen molar-refractivity contribution in [3.05, 3.63) is 45.2 Å². The summed E-state index contributed by atoms with van der Waals surface area (Å²) in [6.45, 7) is 8.72.